The van der Waals surface area contributed by atoms with Crippen LogP contribution in [-0.2, 0) is 11.3 Å². The van der Waals surface area contributed by atoms with E-state index in [-0.39, 0.29) is 0 Å². The molecule has 30 heavy (non-hydrogen) atoms. The first kappa shape index (κ1) is 18.5. The number of morpholine rings is 1. The van der Waals surface area contributed by atoms with Crippen molar-refractivity contribution >= 4 is 22.5 Å². The topological polar surface area (TPSA) is 73.8 Å². The standard InChI is InChI=1S/C24H23N3O3/c25-19-5-8-23-18(14-19)15-21(30-23)16-29-20-6-3-17(4-7-20)22-2-1-9-26-24(22)27-10-12-28-13-11-27/h1-9,14-15H,10-13,16,25H2. The molecular weight excluding hydrogens is 378 g/mol. The highest BCUT2D eigenvalue weighted by Crippen LogP contribution is 2.31. The second kappa shape index (κ2) is 8.08. The van der Waals surface area contributed by atoms with E-state index in [1.54, 1.807) is 0 Å². The maximum absolute atomic E-state index is 5.92. The van der Waals surface area contributed by atoms with Gasteiger partial charge in [-0.1, -0.05) is 12.1 Å². The lowest BCUT2D eigenvalue weighted by atomic mass is 10.1. The number of nitrogen functional groups attached to an aromatic ring is 1. The number of aromatic nitrogens is 1. The quantitative estimate of drug-likeness (QED) is 0.497. The minimum absolute atomic E-state index is 0.361. The van der Waals surface area contributed by atoms with Crippen LogP contribution in [0.1, 0.15) is 5.76 Å². The summed E-state index contributed by atoms with van der Waals surface area (Å²) in [6, 6.07) is 19.7. The zero-order chi connectivity index (χ0) is 20.3. The third kappa shape index (κ3) is 3.82. The van der Waals surface area contributed by atoms with Crippen LogP contribution in [0.2, 0.25) is 0 Å². The van der Waals surface area contributed by atoms with Crippen LogP contribution in [0.3, 0.4) is 0 Å². The Morgan fingerprint density at radius 3 is 2.67 bits per heavy atom. The average Bonchev–Trinajstić information content (AvgIpc) is 3.21. The fourth-order valence-electron chi connectivity index (χ4n) is 3.72. The van der Waals surface area contributed by atoms with Crippen LogP contribution in [0, 0.1) is 0 Å². The predicted molar refractivity (Wildman–Crippen MR) is 118 cm³/mol. The summed E-state index contributed by atoms with van der Waals surface area (Å²) in [5, 5.41) is 0.983. The number of anilines is 2. The first-order valence-electron chi connectivity index (χ1n) is 10.1. The minimum Gasteiger partial charge on any atom is -0.486 e. The van der Waals surface area contributed by atoms with E-state index in [1.165, 1.54) is 0 Å². The van der Waals surface area contributed by atoms with Crippen LogP contribution >= 0.6 is 0 Å². The van der Waals surface area contributed by atoms with Crippen LogP contribution < -0.4 is 15.4 Å². The van der Waals surface area contributed by atoms with Crippen molar-refractivity contribution in [1.29, 1.82) is 0 Å². The van der Waals surface area contributed by atoms with E-state index in [2.05, 4.69) is 28.1 Å². The maximum Gasteiger partial charge on any atom is 0.146 e. The summed E-state index contributed by atoms with van der Waals surface area (Å²) in [4.78, 5) is 6.90. The molecule has 0 unspecified atom stereocenters. The molecule has 6 nitrogen and oxygen atoms in total. The van der Waals surface area contributed by atoms with Gasteiger partial charge in [-0.15, -0.1) is 0 Å². The Kier molecular flexibility index (Phi) is 4.99. The number of nitrogens with two attached hydrogens (primary N) is 1. The summed E-state index contributed by atoms with van der Waals surface area (Å²) in [5.41, 5.74) is 9.58. The van der Waals surface area contributed by atoms with Crippen molar-refractivity contribution < 1.29 is 13.9 Å². The van der Waals surface area contributed by atoms with Gasteiger partial charge < -0.3 is 24.5 Å². The molecule has 0 amide bonds. The van der Waals surface area contributed by atoms with Gasteiger partial charge in [-0.05, 0) is 54.1 Å². The van der Waals surface area contributed by atoms with Crippen molar-refractivity contribution in [2.75, 3.05) is 36.9 Å². The Morgan fingerprint density at radius 1 is 1.00 bits per heavy atom. The van der Waals surface area contributed by atoms with E-state index < -0.39 is 0 Å². The van der Waals surface area contributed by atoms with E-state index in [0.29, 0.717) is 6.61 Å². The lowest BCUT2D eigenvalue weighted by Crippen LogP contribution is -2.37. The van der Waals surface area contributed by atoms with Crippen LogP contribution in [-0.4, -0.2) is 31.3 Å². The van der Waals surface area contributed by atoms with Gasteiger partial charge in [0.1, 0.15) is 29.5 Å². The van der Waals surface area contributed by atoms with Crippen LogP contribution in [0.15, 0.2) is 71.3 Å². The number of ether oxygens (including phenoxy) is 2. The van der Waals surface area contributed by atoms with Gasteiger partial charge in [0.2, 0.25) is 0 Å². The highest BCUT2D eigenvalue weighted by molar-refractivity contribution is 5.81. The van der Waals surface area contributed by atoms with Gasteiger partial charge in [0.05, 0.1) is 13.2 Å². The van der Waals surface area contributed by atoms with E-state index in [1.807, 2.05) is 48.7 Å². The molecule has 6 heteroatoms. The Hall–Kier alpha value is -3.51. The lowest BCUT2D eigenvalue weighted by Gasteiger charge is -2.29. The summed E-state index contributed by atoms with van der Waals surface area (Å²) >= 11 is 0. The van der Waals surface area contributed by atoms with Crippen molar-refractivity contribution in [2.24, 2.45) is 0 Å². The molecule has 0 saturated carbocycles. The zero-order valence-corrected chi connectivity index (χ0v) is 16.6. The number of furan rings is 1. The molecule has 2 aromatic carbocycles. The number of hydrogen-bond donors (Lipinski definition) is 1. The SMILES string of the molecule is Nc1ccc2oc(COc3ccc(-c4cccnc4N4CCOCC4)cc3)cc2c1. The largest absolute Gasteiger partial charge is 0.486 e. The van der Waals surface area contributed by atoms with Crippen molar-refractivity contribution in [3.63, 3.8) is 0 Å². The molecule has 5 rings (SSSR count). The Bertz CT molecular complexity index is 1150. The van der Waals surface area contributed by atoms with Gasteiger partial charge in [0.25, 0.3) is 0 Å². The summed E-state index contributed by atoms with van der Waals surface area (Å²) in [5.74, 6) is 2.55. The van der Waals surface area contributed by atoms with Gasteiger partial charge in [0.15, 0.2) is 0 Å². The molecule has 3 heterocycles. The van der Waals surface area contributed by atoms with E-state index in [4.69, 9.17) is 19.6 Å². The van der Waals surface area contributed by atoms with Crippen LogP contribution in [0.5, 0.6) is 5.75 Å². The number of rotatable bonds is 5. The predicted octanol–water partition coefficient (Wildman–Crippen LogP) is 4.49. The number of fused-ring (bicyclic) bond motifs is 1. The number of benzene rings is 2. The smallest absolute Gasteiger partial charge is 0.146 e. The van der Waals surface area contributed by atoms with Gasteiger partial charge in [-0.2, -0.15) is 0 Å². The van der Waals surface area contributed by atoms with Gasteiger partial charge in [0, 0.05) is 35.9 Å². The normalized spacial score (nSPS) is 14.2. The molecule has 0 atom stereocenters. The highest BCUT2D eigenvalue weighted by Gasteiger charge is 2.16. The Labute approximate surface area is 174 Å². The van der Waals surface area contributed by atoms with E-state index in [9.17, 15) is 0 Å². The second-order valence-corrected chi connectivity index (χ2v) is 7.30. The Balaban J connectivity index is 1.31. The monoisotopic (exact) mass is 401 g/mol. The molecule has 152 valence electrons. The van der Waals surface area contributed by atoms with Crippen molar-refractivity contribution in [1.82, 2.24) is 4.98 Å². The van der Waals surface area contributed by atoms with E-state index >= 15 is 0 Å². The minimum atomic E-state index is 0.361. The average molecular weight is 401 g/mol. The molecule has 1 saturated heterocycles. The fourth-order valence-corrected chi connectivity index (χ4v) is 3.72. The molecule has 1 aliphatic rings. The first-order valence-corrected chi connectivity index (χ1v) is 10.1. The van der Waals surface area contributed by atoms with Crippen molar-refractivity contribution in [3.05, 3.63) is 72.6 Å². The van der Waals surface area contributed by atoms with Gasteiger partial charge in [-0.25, -0.2) is 4.98 Å². The van der Waals surface area contributed by atoms with E-state index in [0.717, 1.165) is 71.4 Å². The molecular formula is C24H23N3O3. The third-order valence-corrected chi connectivity index (χ3v) is 5.24. The molecule has 2 aromatic heterocycles. The molecule has 0 radical (unpaired) electrons. The molecule has 0 spiro atoms. The van der Waals surface area contributed by atoms with Gasteiger partial charge >= 0.3 is 0 Å². The summed E-state index contributed by atoms with van der Waals surface area (Å²) < 4.78 is 17.2. The fraction of sp³-hybridized carbons (Fsp3) is 0.208. The van der Waals surface area contributed by atoms with Crippen LogP contribution in [0.4, 0.5) is 11.5 Å². The molecule has 1 aliphatic heterocycles. The molecule has 1 fully saturated rings. The third-order valence-electron chi connectivity index (χ3n) is 5.24. The maximum atomic E-state index is 5.92. The van der Waals surface area contributed by atoms with Gasteiger partial charge in [-0.3, -0.25) is 0 Å². The molecule has 2 N–H and O–H groups in total. The number of pyridine rings is 1. The second-order valence-electron chi connectivity index (χ2n) is 7.30. The summed E-state index contributed by atoms with van der Waals surface area (Å²) in [7, 11) is 0. The summed E-state index contributed by atoms with van der Waals surface area (Å²) in [6.07, 6.45) is 1.84. The molecule has 0 bridgehead atoms. The molecule has 4 aromatic rings. The first-order chi connectivity index (χ1) is 14.8. The summed E-state index contributed by atoms with van der Waals surface area (Å²) in [6.45, 7) is 3.54. The van der Waals surface area contributed by atoms with Crippen molar-refractivity contribution in [3.8, 4) is 16.9 Å². The highest BCUT2D eigenvalue weighted by atomic mass is 16.5. The molecule has 0 aliphatic carbocycles. The van der Waals surface area contributed by atoms with Crippen molar-refractivity contribution in [2.45, 2.75) is 6.61 Å². The lowest BCUT2D eigenvalue weighted by molar-refractivity contribution is 0.122. The Morgan fingerprint density at radius 2 is 1.83 bits per heavy atom. The number of nitrogens with zero attached hydrogens (tertiary/aromatic N) is 2. The van der Waals surface area contributed by atoms with Crippen LogP contribution in [0.25, 0.3) is 22.1 Å². The number of hydrogen-bond acceptors (Lipinski definition) is 6. The zero-order valence-electron chi connectivity index (χ0n) is 16.6.